The van der Waals surface area contributed by atoms with E-state index in [-0.39, 0.29) is 33.6 Å². The van der Waals surface area contributed by atoms with Crippen LogP contribution in [0.15, 0.2) is 64.8 Å². The summed E-state index contributed by atoms with van der Waals surface area (Å²) in [7, 11) is 2.84. The minimum atomic E-state index is -1.08. The van der Waals surface area contributed by atoms with Crippen LogP contribution in [0.3, 0.4) is 0 Å². The molecular weight excluding hydrogens is 462 g/mol. The van der Waals surface area contributed by atoms with E-state index < -0.39 is 23.5 Å². The first-order valence-electron chi connectivity index (χ1n) is 10.2. The van der Waals surface area contributed by atoms with Crippen molar-refractivity contribution in [2.24, 2.45) is 0 Å². The van der Waals surface area contributed by atoms with E-state index in [1.54, 1.807) is 24.3 Å². The third-order valence-electron chi connectivity index (χ3n) is 5.59. The number of nitrogens with zero attached hydrogens (tertiary/aromatic N) is 2. The highest BCUT2D eigenvalue weighted by molar-refractivity contribution is 6.51. The zero-order valence-electron chi connectivity index (χ0n) is 18.0. The fourth-order valence-corrected chi connectivity index (χ4v) is 4.25. The second-order valence-electron chi connectivity index (χ2n) is 7.45. The molecule has 3 heterocycles. The number of benzene rings is 2. The van der Waals surface area contributed by atoms with Gasteiger partial charge in [-0.05, 0) is 30.3 Å². The Kier molecular flexibility index (Phi) is 5.25. The van der Waals surface area contributed by atoms with E-state index in [4.69, 9.17) is 25.5 Å². The summed E-state index contributed by atoms with van der Waals surface area (Å²) in [4.78, 5) is 35.1. The second-order valence-corrected chi connectivity index (χ2v) is 7.86. The lowest BCUT2D eigenvalue weighted by Crippen LogP contribution is -2.30. The number of aliphatic hydroxyl groups excluding tert-OH is 1. The molecule has 2 aromatic carbocycles. The van der Waals surface area contributed by atoms with Crippen LogP contribution in [0.5, 0.6) is 11.5 Å². The number of anilines is 1. The summed E-state index contributed by atoms with van der Waals surface area (Å²) in [5.74, 6) is -1.33. The van der Waals surface area contributed by atoms with Crippen molar-refractivity contribution in [2.75, 3.05) is 19.1 Å². The second kappa shape index (κ2) is 8.27. The summed E-state index contributed by atoms with van der Waals surface area (Å²) in [6.07, 6.45) is 1.42. The number of fused-ring (bicyclic) bond motifs is 1. The molecule has 0 spiro atoms. The Morgan fingerprint density at radius 1 is 1.12 bits per heavy atom. The molecule has 0 aliphatic carbocycles. The van der Waals surface area contributed by atoms with Gasteiger partial charge in [0, 0.05) is 6.07 Å². The summed E-state index contributed by atoms with van der Waals surface area (Å²) >= 11 is 6.27. The van der Waals surface area contributed by atoms with Gasteiger partial charge in [-0.25, -0.2) is 4.98 Å². The van der Waals surface area contributed by atoms with Gasteiger partial charge >= 0.3 is 5.91 Å². The lowest BCUT2D eigenvalue weighted by Gasteiger charge is -2.21. The molecule has 5 rings (SSSR count). The quantitative estimate of drug-likeness (QED) is 0.246. The van der Waals surface area contributed by atoms with E-state index in [9.17, 15) is 14.7 Å². The number of halogens is 1. The van der Waals surface area contributed by atoms with Crippen LogP contribution in [0, 0.1) is 0 Å². The normalized spacial score (nSPS) is 17.5. The lowest BCUT2D eigenvalue weighted by molar-refractivity contribution is -0.132. The third kappa shape index (κ3) is 3.29. The average Bonchev–Trinajstić information content (AvgIpc) is 3.57. The SMILES string of the molecule is COc1cc(OC)c(/C(O)=C2\C(=O)C(=O)N(c3nc4ccccc4[nH]3)C2c2ccco2)cc1Cl. The smallest absolute Gasteiger partial charge is 0.302 e. The molecule has 2 N–H and O–H groups in total. The summed E-state index contributed by atoms with van der Waals surface area (Å²) in [6.45, 7) is 0. The third-order valence-corrected chi connectivity index (χ3v) is 5.89. The number of rotatable bonds is 5. The maximum atomic E-state index is 13.2. The molecule has 0 saturated carbocycles. The number of carbonyl (C=O) groups is 2. The minimum Gasteiger partial charge on any atom is -0.507 e. The van der Waals surface area contributed by atoms with Gasteiger partial charge in [0.15, 0.2) is 0 Å². The molecule has 1 aliphatic rings. The Morgan fingerprint density at radius 2 is 1.88 bits per heavy atom. The maximum Gasteiger partial charge on any atom is 0.302 e. The predicted molar refractivity (Wildman–Crippen MR) is 124 cm³/mol. The molecule has 0 radical (unpaired) electrons. The van der Waals surface area contributed by atoms with E-state index in [1.165, 1.54) is 37.5 Å². The lowest BCUT2D eigenvalue weighted by atomic mass is 9.98. The Labute approximate surface area is 198 Å². The first-order valence-corrected chi connectivity index (χ1v) is 10.5. The van der Waals surface area contributed by atoms with E-state index in [1.807, 2.05) is 12.1 Å². The number of aromatic nitrogens is 2. The number of nitrogens with one attached hydrogen (secondary N) is 1. The minimum absolute atomic E-state index is 0.118. The molecule has 1 unspecified atom stereocenters. The number of ether oxygens (including phenoxy) is 2. The summed E-state index contributed by atoms with van der Waals surface area (Å²) < 4.78 is 16.1. The molecule has 1 atom stereocenters. The van der Waals surface area contributed by atoms with Crippen LogP contribution in [-0.4, -0.2) is 41.0 Å². The number of carbonyl (C=O) groups excluding carboxylic acids is 2. The standard InChI is InChI=1S/C24H18ClN3O6/c1-32-17-11-18(33-2)13(25)10-12(17)21(29)19-20(16-8-5-9-34-16)28(23(31)22(19)30)24-26-14-6-3-4-7-15(14)27-24/h3-11,20,29H,1-2H3,(H,26,27)/b21-19+. The highest BCUT2D eigenvalue weighted by atomic mass is 35.5. The molecule has 2 aromatic heterocycles. The van der Waals surface area contributed by atoms with Crippen molar-refractivity contribution in [3.63, 3.8) is 0 Å². The average molecular weight is 480 g/mol. The van der Waals surface area contributed by atoms with Crippen LogP contribution in [0.25, 0.3) is 16.8 Å². The number of hydrogen-bond donors (Lipinski definition) is 2. The highest BCUT2D eigenvalue weighted by Gasteiger charge is 2.49. The van der Waals surface area contributed by atoms with Crippen molar-refractivity contribution < 1.29 is 28.6 Å². The number of imidazole rings is 1. The number of H-pyrrole nitrogens is 1. The van der Waals surface area contributed by atoms with Crippen molar-refractivity contribution in [3.05, 3.63) is 76.7 Å². The molecule has 1 aliphatic heterocycles. The Morgan fingerprint density at radius 3 is 2.56 bits per heavy atom. The summed E-state index contributed by atoms with van der Waals surface area (Å²) in [5.41, 5.74) is 1.22. The molecule has 9 nitrogen and oxygen atoms in total. The number of hydrogen-bond acceptors (Lipinski definition) is 7. The first-order chi connectivity index (χ1) is 16.4. The van der Waals surface area contributed by atoms with E-state index >= 15 is 0 Å². The van der Waals surface area contributed by atoms with E-state index in [2.05, 4.69) is 9.97 Å². The topological polar surface area (TPSA) is 118 Å². The number of aromatic amines is 1. The highest BCUT2D eigenvalue weighted by Crippen LogP contribution is 2.44. The van der Waals surface area contributed by atoms with Gasteiger partial charge < -0.3 is 24.0 Å². The monoisotopic (exact) mass is 479 g/mol. The Hall–Kier alpha value is -4.24. The zero-order valence-corrected chi connectivity index (χ0v) is 18.8. The van der Waals surface area contributed by atoms with Crippen LogP contribution >= 0.6 is 11.6 Å². The van der Waals surface area contributed by atoms with Gasteiger partial charge in [0.25, 0.3) is 5.78 Å². The number of furan rings is 1. The van der Waals surface area contributed by atoms with Crippen LogP contribution < -0.4 is 14.4 Å². The van der Waals surface area contributed by atoms with Crippen molar-refractivity contribution >= 4 is 46.0 Å². The molecule has 172 valence electrons. The molecule has 10 heteroatoms. The number of amides is 1. The molecule has 4 aromatic rings. The number of ketones is 1. The van der Waals surface area contributed by atoms with Gasteiger partial charge in [-0.1, -0.05) is 23.7 Å². The van der Waals surface area contributed by atoms with Crippen LogP contribution in [0.1, 0.15) is 17.4 Å². The molecule has 1 amide bonds. The molecule has 34 heavy (non-hydrogen) atoms. The zero-order chi connectivity index (χ0) is 24.0. The molecular formula is C24H18ClN3O6. The molecule has 1 saturated heterocycles. The van der Waals surface area contributed by atoms with Gasteiger partial charge in [0.2, 0.25) is 5.95 Å². The summed E-state index contributed by atoms with van der Waals surface area (Å²) in [6, 6.07) is 12.2. The molecule has 1 fully saturated rings. The van der Waals surface area contributed by atoms with Gasteiger partial charge in [0.05, 0.1) is 47.7 Å². The molecule has 0 bridgehead atoms. The van der Waals surface area contributed by atoms with Crippen molar-refractivity contribution in [3.8, 4) is 11.5 Å². The van der Waals surface area contributed by atoms with Gasteiger partial charge in [-0.2, -0.15) is 0 Å². The Bertz CT molecular complexity index is 1420. The fourth-order valence-electron chi connectivity index (χ4n) is 4.01. The van der Waals surface area contributed by atoms with Gasteiger partial charge in [-0.3, -0.25) is 14.5 Å². The van der Waals surface area contributed by atoms with Crippen LogP contribution in [-0.2, 0) is 9.59 Å². The fraction of sp³-hybridized carbons (Fsp3) is 0.125. The van der Waals surface area contributed by atoms with E-state index in [0.29, 0.717) is 16.8 Å². The predicted octanol–water partition coefficient (Wildman–Crippen LogP) is 4.45. The van der Waals surface area contributed by atoms with Crippen molar-refractivity contribution in [2.45, 2.75) is 6.04 Å². The van der Waals surface area contributed by atoms with Gasteiger partial charge in [-0.15, -0.1) is 0 Å². The number of methoxy groups -OCH3 is 2. The van der Waals surface area contributed by atoms with Crippen LogP contribution in [0.2, 0.25) is 5.02 Å². The maximum absolute atomic E-state index is 13.2. The Balaban J connectivity index is 1.73. The first kappa shape index (κ1) is 21.6. The summed E-state index contributed by atoms with van der Waals surface area (Å²) in [5, 5.41) is 11.5. The number of aliphatic hydroxyl groups is 1. The van der Waals surface area contributed by atoms with Crippen molar-refractivity contribution in [1.82, 2.24) is 9.97 Å². The number of para-hydroxylation sites is 2. The largest absolute Gasteiger partial charge is 0.507 e. The number of Topliss-reactive ketones (excluding diaryl/α,β-unsaturated/α-hetero) is 1. The van der Waals surface area contributed by atoms with E-state index in [0.717, 1.165) is 0 Å². The van der Waals surface area contributed by atoms with Crippen molar-refractivity contribution in [1.29, 1.82) is 0 Å². The van der Waals surface area contributed by atoms with Crippen LogP contribution in [0.4, 0.5) is 5.95 Å². The van der Waals surface area contributed by atoms with Gasteiger partial charge in [0.1, 0.15) is 29.1 Å².